The molecule has 1 saturated heterocycles. The number of thiocarbonyl (C=S) groups is 1. The van der Waals surface area contributed by atoms with Gasteiger partial charge in [-0.1, -0.05) is 42.5 Å². The maximum Gasteiger partial charge on any atom is 0.337 e. The minimum absolute atomic E-state index is 0.0276. The summed E-state index contributed by atoms with van der Waals surface area (Å²) in [5, 5.41) is 10.4. The molecular weight excluding hydrogens is 374 g/mol. The molecule has 1 fully saturated rings. The highest BCUT2D eigenvalue weighted by atomic mass is 32.2. The Labute approximate surface area is 161 Å². The van der Waals surface area contributed by atoms with E-state index in [1.807, 2.05) is 0 Å². The van der Waals surface area contributed by atoms with E-state index >= 15 is 0 Å². The van der Waals surface area contributed by atoms with E-state index in [9.17, 15) is 19.5 Å². The van der Waals surface area contributed by atoms with Crippen LogP contribution in [0.25, 0.3) is 6.08 Å². The van der Waals surface area contributed by atoms with Crippen molar-refractivity contribution in [3.8, 4) is 0 Å². The number of amides is 1. The largest absolute Gasteiger partial charge is 0.550 e. The number of methoxy groups -OCH3 is 1. The third kappa shape index (κ3) is 5.40. The number of carboxylic acids is 1. The lowest BCUT2D eigenvalue weighted by Crippen LogP contribution is -2.29. The molecule has 0 bridgehead atoms. The lowest BCUT2D eigenvalue weighted by molar-refractivity contribution is -0.305. The van der Waals surface area contributed by atoms with Crippen molar-refractivity contribution in [3.63, 3.8) is 0 Å². The van der Waals surface area contributed by atoms with Crippen LogP contribution in [0.5, 0.6) is 0 Å². The molecule has 6 nitrogen and oxygen atoms in total. The van der Waals surface area contributed by atoms with Crippen LogP contribution in [0.2, 0.25) is 0 Å². The number of nitrogens with zero attached hydrogens (tertiary/aromatic N) is 1. The SMILES string of the molecule is COC(=O)c1ccc(C=C2SC(=S)N(CCCCCC(=O)[O-])C2=O)cc1. The maximum atomic E-state index is 12.5. The van der Waals surface area contributed by atoms with Gasteiger partial charge >= 0.3 is 5.97 Å². The third-order valence-corrected chi connectivity index (χ3v) is 5.14. The van der Waals surface area contributed by atoms with Crippen molar-refractivity contribution in [1.29, 1.82) is 0 Å². The van der Waals surface area contributed by atoms with Crippen LogP contribution in [0, 0.1) is 0 Å². The Morgan fingerprint density at radius 3 is 2.54 bits per heavy atom. The number of aliphatic carboxylic acids is 1. The average molecular weight is 392 g/mol. The number of carbonyl (C=O) groups is 3. The second-order valence-corrected chi connectivity index (χ2v) is 7.31. The fourth-order valence-electron chi connectivity index (χ4n) is 2.39. The van der Waals surface area contributed by atoms with Crippen LogP contribution in [0.4, 0.5) is 0 Å². The number of carbonyl (C=O) groups excluding carboxylic acids is 3. The number of hydrogen-bond acceptors (Lipinski definition) is 7. The summed E-state index contributed by atoms with van der Waals surface area (Å²) in [6.45, 7) is 0.469. The first kappa shape index (κ1) is 20.1. The standard InChI is InChI=1S/C18H19NO5S2/c1-24-17(23)13-8-6-12(7-9-13)11-14-16(22)19(18(25)26-14)10-4-2-3-5-15(20)21/h6-9,11H,2-5,10H2,1H3,(H,20,21)/p-1. The number of ether oxygens (including phenoxy) is 1. The van der Waals surface area contributed by atoms with Gasteiger partial charge in [-0.3, -0.25) is 9.69 Å². The predicted octanol–water partition coefficient (Wildman–Crippen LogP) is 1.98. The summed E-state index contributed by atoms with van der Waals surface area (Å²) < 4.78 is 5.14. The zero-order chi connectivity index (χ0) is 19.1. The Balaban J connectivity index is 1.95. The number of hydrogen-bond donors (Lipinski definition) is 0. The Bertz CT molecular complexity index is 742. The third-order valence-electron chi connectivity index (χ3n) is 3.77. The van der Waals surface area contributed by atoms with Gasteiger partial charge in [-0.05, 0) is 43.0 Å². The molecule has 8 heteroatoms. The summed E-state index contributed by atoms with van der Waals surface area (Å²) >= 11 is 6.50. The topological polar surface area (TPSA) is 86.7 Å². The van der Waals surface area contributed by atoms with Crippen LogP contribution < -0.4 is 5.11 Å². The number of rotatable bonds is 8. The van der Waals surface area contributed by atoms with Crippen molar-refractivity contribution >= 4 is 52.2 Å². The number of esters is 1. The normalized spacial score (nSPS) is 15.6. The monoisotopic (exact) mass is 392 g/mol. The molecule has 1 aliphatic heterocycles. The first-order valence-electron chi connectivity index (χ1n) is 8.06. The van der Waals surface area contributed by atoms with E-state index in [0.29, 0.717) is 40.6 Å². The first-order chi connectivity index (χ1) is 12.4. The van der Waals surface area contributed by atoms with E-state index in [1.54, 1.807) is 30.3 Å². The molecule has 0 unspecified atom stereocenters. The molecule has 0 N–H and O–H groups in total. The summed E-state index contributed by atoms with van der Waals surface area (Å²) in [5.41, 5.74) is 1.22. The molecule has 138 valence electrons. The quantitative estimate of drug-likeness (QED) is 0.289. The van der Waals surface area contributed by atoms with Crippen molar-refractivity contribution in [2.75, 3.05) is 13.7 Å². The summed E-state index contributed by atoms with van der Waals surface area (Å²) in [6.07, 6.45) is 3.66. The van der Waals surface area contributed by atoms with E-state index in [2.05, 4.69) is 4.74 Å². The fraction of sp³-hybridized carbons (Fsp3) is 0.333. The summed E-state index contributed by atoms with van der Waals surface area (Å²) in [5.74, 6) is -1.63. The minimum atomic E-state index is -1.06. The van der Waals surface area contributed by atoms with Gasteiger partial charge in [0.25, 0.3) is 5.91 Å². The van der Waals surface area contributed by atoms with E-state index < -0.39 is 11.9 Å². The van der Waals surface area contributed by atoms with Crippen LogP contribution in [0.1, 0.15) is 41.6 Å². The van der Waals surface area contributed by atoms with E-state index in [4.69, 9.17) is 12.2 Å². The van der Waals surface area contributed by atoms with Crippen LogP contribution in [0.3, 0.4) is 0 Å². The van der Waals surface area contributed by atoms with Gasteiger partial charge < -0.3 is 14.6 Å². The second kappa shape index (κ2) is 9.49. The first-order valence-corrected chi connectivity index (χ1v) is 9.28. The lowest BCUT2D eigenvalue weighted by Gasteiger charge is -2.14. The van der Waals surface area contributed by atoms with Gasteiger partial charge in [0.15, 0.2) is 0 Å². The zero-order valence-electron chi connectivity index (χ0n) is 14.2. The molecule has 26 heavy (non-hydrogen) atoms. The molecule has 1 heterocycles. The van der Waals surface area contributed by atoms with Gasteiger partial charge in [0.1, 0.15) is 4.32 Å². The smallest absolute Gasteiger partial charge is 0.337 e. The molecule has 1 aromatic rings. The number of benzene rings is 1. The molecule has 0 atom stereocenters. The molecule has 1 aliphatic rings. The van der Waals surface area contributed by atoms with Gasteiger partial charge in [-0.15, -0.1) is 0 Å². The Morgan fingerprint density at radius 2 is 1.92 bits per heavy atom. The minimum Gasteiger partial charge on any atom is -0.550 e. The highest BCUT2D eigenvalue weighted by Gasteiger charge is 2.31. The zero-order valence-corrected chi connectivity index (χ0v) is 15.9. The van der Waals surface area contributed by atoms with Gasteiger partial charge in [-0.25, -0.2) is 4.79 Å². The Kier molecular flexibility index (Phi) is 7.35. The summed E-state index contributed by atoms with van der Waals surface area (Å²) in [4.78, 5) is 36.4. The maximum absolute atomic E-state index is 12.5. The van der Waals surface area contributed by atoms with Crippen LogP contribution in [-0.4, -0.2) is 40.7 Å². The number of carboxylic acid groups (broad SMARTS) is 1. The molecular formula is C18H18NO5S2-. The molecule has 0 aromatic heterocycles. The van der Waals surface area contributed by atoms with E-state index in [1.165, 1.54) is 23.8 Å². The lowest BCUT2D eigenvalue weighted by atomic mass is 10.1. The molecule has 1 amide bonds. The van der Waals surface area contributed by atoms with Crippen LogP contribution in [0.15, 0.2) is 29.2 Å². The van der Waals surface area contributed by atoms with Crippen LogP contribution >= 0.6 is 24.0 Å². The number of unbranched alkanes of at least 4 members (excludes halogenated alkanes) is 2. The van der Waals surface area contributed by atoms with Crippen LogP contribution in [-0.2, 0) is 14.3 Å². The van der Waals surface area contributed by atoms with E-state index in [-0.39, 0.29) is 12.3 Å². The average Bonchev–Trinajstić information content (AvgIpc) is 2.88. The van der Waals surface area contributed by atoms with Crippen molar-refractivity contribution in [2.45, 2.75) is 25.7 Å². The second-order valence-electron chi connectivity index (χ2n) is 5.63. The Morgan fingerprint density at radius 1 is 1.23 bits per heavy atom. The van der Waals surface area contributed by atoms with E-state index in [0.717, 1.165) is 5.56 Å². The van der Waals surface area contributed by atoms with Gasteiger partial charge in [0, 0.05) is 12.5 Å². The molecule has 0 saturated carbocycles. The van der Waals surface area contributed by atoms with Crippen molar-refractivity contribution in [3.05, 3.63) is 40.3 Å². The number of thioether (sulfide) groups is 1. The fourth-order valence-corrected chi connectivity index (χ4v) is 3.70. The molecule has 1 aromatic carbocycles. The van der Waals surface area contributed by atoms with Crippen molar-refractivity contribution in [1.82, 2.24) is 4.90 Å². The van der Waals surface area contributed by atoms with Gasteiger partial charge in [0.2, 0.25) is 0 Å². The predicted molar refractivity (Wildman–Crippen MR) is 101 cm³/mol. The molecule has 0 radical (unpaired) electrons. The summed E-state index contributed by atoms with van der Waals surface area (Å²) in [7, 11) is 1.32. The molecule has 2 rings (SSSR count). The molecule has 0 spiro atoms. The van der Waals surface area contributed by atoms with Crippen molar-refractivity contribution < 1.29 is 24.2 Å². The summed E-state index contributed by atoms with van der Waals surface area (Å²) in [6, 6.07) is 6.74. The highest BCUT2D eigenvalue weighted by Crippen LogP contribution is 2.32. The highest BCUT2D eigenvalue weighted by molar-refractivity contribution is 8.26. The van der Waals surface area contributed by atoms with Crippen molar-refractivity contribution in [2.24, 2.45) is 0 Å². The van der Waals surface area contributed by atoms with Gasteiger partial charge in [-0.2, -0.15) is 0 Å². The molecule has 0 aliphatic carbocycles. The Hall–Kier alpha value is -2.19. The van der Waals surface area contributed by atoms with Gasteiger partial charge in [0.05, 0.1) is 17.6 Å².